The third kappa shape index (κ3) is 4.54. The Kier molecular flexibility index (Phi) is 5.46. The molecular weight excluding hydrogens is 270 g/mol. The van der Waals surface area contributed by atoms with Crippen LogP contribution in [0.25, 0.3) is 0 Å². The third-order valence-electron chi connectivity index (χ3n) is 3.43. The van der Waals surface area contributed by atoms with Crippen LogP contribution in [-0.2, 0) is 0 Å². The van der Waals surface area contributed by atoms with Crippen molar-refractivity contribution in [2.24, 2.45) is 5.41 Å². The number of hydrogen-bond donors (Lipinski definition) is 2. The molecule has 0 saturated heterocycles. The van der Waals surface area contributed by atoms with E-state index in [1.165, 1.54) is 0 Å². The van der Waals surface area contributed by atoms with E-state index in [2.05, 4.69) is 41.4 Å². The average Bonchev–Trinajstić information content (AvgIpc) is 2.34. The molecular formula is C14H25N5O2. The Labute approximate surface area is 125 Å². The molecule has 1 unspecified atom stereocenters. The number of nitro groups is 1. The number of nitrogens with zero attached hydrogens (tertiary/aromatic N) is 3. The van der Waals surface area contributed by atoms with Crippen molar-refractivity contribution < 1.29 is 4.92 Å². The topological polar surface area (TPSA) is 93.0 Å². The van der Waals surface area contributed by atoms with E-state index in [0.29, 0.717) is 11.6 Å². The van der Waals surface area contributed by atoms with Crippen molar-refractivity contribution in [3.63, 3.8) is 0 Å². The van der Waals surface area contributed by atoms with E-state index >= 15 is 0 Å². The molecule has 0 aliphatic heterocycles. The summed E-state index contributed by atoms with van der Waals surface area (Å²) in [6, 6.07) is 0.0320. The zero-order valence-electron chi connectivity index (χ0n) is 13.6. The summed E-state index contributed by atoms with van der Waals surface area (Å²) >= 11 is 0. The third-order valence-corrected chi connectivity index (χ3v) is 3.43. The van der Waals surface area contributed by atoms with Gasteiger partial charge in [-0.2, -0.15) is 4.98 Å². The fraction of sp³-hybridized carbons (Fsp3) is 0.714. The van der Waals surface area contributed by atoms with Crippen LogP contribution in [0.4, 0.5) is 17.5 Å². The van der Waals surface area contributed by atoms with Crippen molar-refractivity contribution >= 4 is 17.5 Å². The normalized spacial score (nSPS) is 12.9. The van der Waals surface area contributed by atoms with Crippen LogP contribution in [0.3, 0.4) is 0 Å². The molecule has 0 saturated carbocycles. The summed E-state index contributed by atoms with van der Waals surface area (Å²) in [6.45, 7) is 12.6. The molecule has 0 aromatic carbocycles. The van der Waals surface area contributed by atoms with Crippen LogP contribution in [0.5, 0.6) is 0 Å². The second kappa shape index (κ2) is 6.69. The monoisotopic (exact) mass is 295 g/mol. The maximum Gasteiger partial charge on any atom is 0.332 e. The zero-order valence-corrected chi connectivity index (χ0v) is 13.6. The van der Waals surface area contributed by atoms with Crippen molar-refractivity contribution in [3.8, 4) is 0 Å². The predicted molar refractivity (Wildman–Crippen MR) is 84.7 cm³/mol. The predicted octanol–water partition coefficient (Wildman–Crippen LogP) is 3.36. The summed E-state index contributed by atoms with van der Waals surface area (Å²) in [6.07, 6.45) is 0.931. The van der Waals surface area contributed by atoms with E-state index < -0.39 is 4.92 Å². The highest BCUT2D eigenvalue weighted by molar-refractivity contribution is 5.61. The summed E-state index contributed by atoms with van der Waals surface area (Å²) in [4.78, 5) is 19.3. The van der Waals surface area contributed by atoms with Gasteiger partial charge in [0, 0.05) is 12.6 Å². The van der Waals surface area contributed by atoms with Crippen molar-refractivity contribution in [1.29, 1.82) is 0 Å². The molecule has 0 aliphatic rings. The quantitative estimate of drug-likeness (QED) is 0.617. The molecule has 7 heteroatoms. The van der Waals surface area contributed by atoms with Gasteiger partial charge in [-0.05, 0) is 25.7 Å². The molecule has 118 valence electrons. The Morgan fingerprint density at radius 1 is 1.33 bits per heavy atom. The zero-order chi connectivity index (χ0) is 16.2. The highest BCUT2D eigenvalue weighted by atomic mass is 16.6. The Bertz CT molecular complexity index is 511. The van der Waals surface area contributed by atoms with Gasteiger partial charge in [-0.25, -0.2) is 4.98 Å². The van der Waals surface area contributed by atoms with E-state index in [4.69, 9.17) is 0 Å². The van der Waals surface area contributed by atoms with Gasteiger partial charge in [-0.1, -0.05) is 27.7 Å². The largest absolute Gasteiger partial charge is 0.361 e. The van der Waals surface area contributed by atoms with Crippen LogP contribution in [0.15, 0.2) is 0 Å². The summed E-state index contributed by atoms with van der Waals surface area (Å²) < 4.78 is 0. The summed E-state index contributed by atoms with van der Waals surface area (Å²) in [5.74, 6) is 0.692. The first-order valence-electron chi connectivity index (χ1n) is 7.20. The maximum absolute atomic E-state index is 11.3. The van der Waals surface area contributed by atoms with Crippen LogP contribution in [0.1, 0.15) is 46.7 Å². The van der Waals surface area contributed by atoms with Crippen molar-refractivity contribution in [2.75, 3.05) is 17.2 Å². The van der Waals surface area contributed by atoms with E-state index in [0.717, 1.165) is 13.0 Å². The van der Waals surface area contributed by atoms with Gasteiger partial charge in [-0.15, -0.1) is 0 Å². The summed E-state index contributed by atoms with van der Waals surface area (Å²) in [5, 5.41) is 17.5. The van der Waals surface area contributed by atoms with Gasteiger partial charge in [-0.3, -0.25) is 10.1 Å². The first-order chi connectivity index (χ1) is 9.66. The Morgan fingerprint density at radius 3 is 2.43 bits per heavy atom. The van der Waals surface area contributed by atoms with E-state index in [1.54, 1.807) is 6.92 Å². The second-order valence-corrected chi connectivity index (χ2v) is 6.25. The fourth-order valence-electron chi connectivity index (χ4n) is 1.62. The molecule has 1 heterocycles. The molecule has 1 aromatic heterocycles. The number of nitrogens with one attached hydrogen (secondary N) is 2. The van der Waals surface area contributed by atoms with Crippen LogP contribution in [-0.4, -0.2) is 27.5 Å². The number of anilines is 2. The molecule has 7 nitrogen and oxygen atoms in total. The highest BCUT2D eigenvalue weighted by Crippen LogP contribution is 2.30. The number of aromatic nitrogens is 2. The smallest absolute Gasteiger partial charge is 0.332 e. The Morgan fingerprint density at radius 2 is 1.95 bits per heavy atom. The minimum atomic E-state index is -0.434. The molecule has 0 spiro atoms. The summed E-state index contributed by atoms with van der Waals surface area (Å²) in [5.41, 5.74) is 0.259. The molecule has 1 rings (SSSR count). The lowest BCUT2D eigenvalue weighted by molar-refractivity contribution is -0.385. The second-order valence-electron chi connectivity index (χ2n) is 6.25. The maximum atomic E-state index is 11.3. The van der Waals surface area contributed by atoms with Crippen molar-refractivity contribution in [2.45, 2.75) is 54.0 Å². The van der Waals surface area contributed by atoms with Gasteiger partial charge in [0.15, 0.2) is 0 Å². The van der Waals surface area contributed by atoms with Gasteiger partial charge < -0.3 is 10.6 Å². The summed E-state index contributed by atoms with van der Waals surface area (Å²) in [7, 11) is 0. The lowest BCUT2D eigenvalue weighted by Crippen LogP contribution is -2.31. The average molecular weight is 295 g/mol. The van der Waals surface area contributed by atoms with E-state index in [1.807, 2.05) is 13.8 Å². The first-order valence-corrected chi connectivity index (χ1v) is 7.20. The lowest BCUT2D eigenvalue weighted by Gasteiger charge is -2.28. The standard InChI is InChI=1S/C14H25N5O2/c1-7-8-15-13-16-9(2)11(19(20)21)12(18-13)17-10(3)14(4,5)6/h10H,7-8H2,1-6H3,(H2,15,16,17,18). The molecule has 0 bridgehead atoms. The lowest BCUT2D eigenvalue weighted by atomic mass is 9.88. The molecule has 1 aromatic rings. The SMILES string of the molecule is CCCNc1nc(C)c([N+](=O)[O-])c(NC(C)C(C)(C)C)n1. The number of rotatable bonds is 6. The molecule has 21 heavy (non-hydrogen) atoms. The van der Waals surface area contributed by atoms with Crippen molar-refractivity contribution in [3.05, 3.63) is 15.8 Å². The van der Waals surface area contributed by atoms with Gasteiger partial charge >= 0.3 is 5.69 Å². The van der Waals surface area contributed by atoms with Gasteiger partial charge in [0.25, 0.3) is 0 Å². The van der Waals surface area contributed by atoms with E-state index in [9.17, 15) is 10.1 Å². The fourth-order valence-corrected chi connectivity index (χ4v) is 1.62. The van der Waals surface area contributed by atoms with Gasteiger partial charge in [0.2, 0.25) is 11.8 Å². The number of hydrogen-bond acceptors (Lipinski definition) is 6. The van der Waals surface area contributed by atoms with Gasteiger partial charge in [0.1, 0.15) is 5.69 Å². The molecule has 2 N–H and O–H groups in total. The number of aryl methyl sites for hydroxylation is 1. The Balaban J connectivity index is 3.18. The van der Waals surface area contributed by atoms with Crippen LogP contribution < -0.4 is 10.6 Å². The Hall–Kier alpha value is -1.92. The minimum Gasteiger partial charge on any atom is -0.361 e. The molecule has 0 fully saturated rings. The van der Waals surface area contributed by atoms with Crippen LogP contribution >= 0.6 is 0 Å². The molecule has 0 aliphatic carbocycles. The minimum absolute atomic E-state index is 0.0320. The van der Waals surface area contributed by atoms with Gasteiger partial charge in [0.05, 0.1) is 4.92 Å². The first kappa shape index (κ1) is 17.1. The highest BCUT2D eigenvalue weighted by Gasteiger charge is 2.27. The molecule has 0 amide bonds. The van der Waals surface area contributed by atoms with E-state index in [-0.39, 0.29) is 23.0 Å². The molecule has 0 radical (unpaired) electrons. The van der Waals surface area contributed by atoms with Crippen LogP contribution in [0.2, 0.25) is 0 Å². The molecule has 1 atom stereocenters. The van der Waals surface area contributed by atoms with Crippen molar-refractivity contribution in [1.82, 2.24) is 9.97 Å². The van der Waals surface area contributed by atoms with Crippen LogP contribution in [0, 0.1) is 22.5 Å².